The number of hydrogen-bond acceptors (Lipinski definition) is 3. The minimum atomic E-state index is -0.496. The summed E-state index contributed by atoms with van der Waals surface area (Å²) in [5.41, 5.74) is 7.38. The number of benzene rings is 2. The number of rotatable bonds is 5. The van der Waals surface area contributed by atoms with Gasteiger partial charge in [0.15, 0.2) is 0 Å². The highest BCUT2D eigenvalue weighted by Gasteiger charge is 2.34. The molecular weight excluding hydrogens is 330 g/mol. The fraction of sp³-hybridized carbons (Fsp3) is 0.300. The van der Waals surface area contributed by atoms with Gasteiger partial charge in [-0.25, -0.2) is 0 Å². The summed E-state index contributed by atoms with van der Waals surface area (Å²) in [5, 5.41) is 6.46. The molecule has 1 heterocycles. The Bertz CT molecular complexity index is 739. The van der Waals surface area contributed by atoms with Gasteiger partial charge >= 0.3 is 0 Å². The number of piperidine rings is 1. The lowest BCUT2D eigenvalue weighted by Gasteiger charge is -2.38. The molecule has 1 aliphatic rings. The van der Waals surface area contributed by atoms with E-state index in [2.05, 4.69) is 22.8 Å². The Morgan fingerprint density at radius 2 is 1.54 bits per heavy atom. The first-order valence-electron chi connectivity index (χ1n) is 8.55. The molecular formula is C20H25N3O3. The van der Waals surface area contributed by atoms with Crippen LogP contribution in [0.1, 0.15) is 39.1 Å². The standard InChI is InChI=1S/C20H23N3O2.H2O/c21-18(24)15-6-8-16(9-7-15)19(25)23-14-20(10-12-22-13-11-20)17-4-2-1-3-5-17;/h1-9,22H,10-14H2,(H2,21,24)(H,23,25);1H2. The Morgan fingerprint density at radius 3 is 2.12 bits per heavy atom. The molecule has 2 aromatic rings. The van der Waals surface area contributed by atoms with Crippen molar-refractivity contribution in [2.24, 2.45) is 5.73 Å². The smallest absolute Gasteiger partial charge is 0.251 e. The van der Waals surface area contributed by atoms with Gasteiger partial charge < -0.3 is 21.8 Å². The van der Waals surface area contributed by atoms with Gasteiger partial charge in [-0.05, 0) is 55.8 Å². The first-order valence-corrected chi connectivity index (χ1v) is 8.55. The van der Waals surface area contributed by atoms with Crippen molar-refractivity contribution in [1.82, 2.24) is 10.6 Å². The van der Waals surface area contributed by atoms with Crippen molar-refractivity contribution >= 4 is 11.8 Å². The molecule has 26 heavy (non-hydrogen) atoms. The number of nitrogens with two attached hydrogens (primary N) is 1. The predicted molar refractivity (Wildman–Crippen MR) is 101 cm³/mol. The summed E-state index contributed by atoms with van der Waals surface area (Å²) in [6.45, 7) is 2.48. The van der Waals surface area contributed by atoms with Crippen LogP contribution in [-0.2, 0) is 5.41 Å². The molecule has 138 valence electrons. The van der Waals surface area contributed by atoms with Crippen LogP contribution >= 0.6 is 0 Å². The average molecular weight is 355 g/mol. The molecule has 6 N–H and O–H groups in total. The van der Waals surface area contributed by atoms with Gasteiger partial charge in [0, 0.05) is 23.1 Å². The SMILES string of the molecule is NC(=O)c1ccc(C(=O)NCC2(c3ccccc3)CCNCC2)cc1.O. The van der Waals surface area contributed by atoms with Crippen LogP contribution in [0.3, 0.4) is 0 Å². The highest BCUT2D eigenvalue weighted by molar-refractivity contribution is 5.97. The second kappa shape index (κ2) is 8.60. The topological polar surface area (TPSA) is 116 Å². The molecule has 3 rings (SSSR count). The summed E-state index contributed by atoms with van der Waals surface area (Å²) in [5.74, 6) is -0.630. The minimum Gasteiger partial charge on any atom is -0.412 e. The number of amides is 2. The molecule has 2 aromatic carbocycles. The third-order valence-corrected chi connectivity index (χ3v) is 4.97. The van der Waals surface area contributed by atoms with Crippen LogP contribution in [0.2, 0.25) is 0 Å². The van der Waals surface area contributed by atoms with Crippen molar-refractivity contribution in [3.05, 3.63) is 71.3 Å². The lowest BCUT2D eigenvalue weighted by atomic mass is 9.73. The highest BCUT2D eigenvalue weighted by atomic mass is 16.2. The second-order valence-corrected chi connectivity index (χ2v) is 6.52. The van der Waals surface area contributed by atoms with Crippen molar-refractivity contribution in [2.45, 2.75) is 18.3 Å². The van der Waals surface area contributed by atoms with E-state index in [1.165, 1.54) is 5.56 Å². The normalized spacial score (nSPS) is 15.5. The minimum absolute atomic E-state index is 0. The molecule has 0 unspecified atom stereocenters. The van der Waals surface area contributed by atoms with Gasteiger partial charge in [0.2, 0.25) is 5.91 Å². The van der Waals surface area contributed by atoms with Crippen LogP contribution in [0.4, 0.5) is 0 Å². The molecule has 0 spiro atoms. The third-order valence-electron chi connectivity index (χ3n) is 4.97. The maximum atomic E-state index is 12.5. The van der Waals surface area contributed by atoms with Crippen LogP contribution in [-0.4, -0.2) is 36.9 Å². The molecule has 2 amide bonds. The fourth-order valence-corrected chi connectivity index (χ4v) is 3.40. The predicted octanol–water partition coefficient (Wildman–Crippen LogP) is 1.01. The zero-order valence-corrected chi connectivity index (χ0v) is 14.6. The van der Waals surface area contributed by atoms with Crippen LogP contribution in [0, 0.1) is 0 Å². The molecule has 0 atom stereocenters. The van der Waals surface area contributed by atoms with Crippen LogP contribution in [0.25, 0.3) is 0 Å². The molecule has 0 aliphatic carbocycles. The molecule has 0 aromatic heterocycles. The van der Waals surface area contributed by atoms with E-state index in [1.54, 1.807) is 24.3 Å². The zero-order chi connectivity index (χ0) is 17.7. The number of carbonyl (C=O) groups is 2. The zero-order valence-electron chi connectivity index (χ0n) is 14.6. The Kier molecular flexibility index (Phi) is 6.49. The van der Waals surface area contributed by atoms with Crippen molar-refractivity contribution in [3.63, 3.8) is 0 Å². The van der Waals surface area contributed by atoms with Gasteiger partial charge in [-0.15, -0.1) is 0 Å². The quantitative estimate of drug-likeness (QED) is 0.743. The first-order chi connectivity index (χ1) is 12.1. The van der Waals surface area contributed by atoms with Gasteiger partial charge in [-0.1, -0.05) is 30.3 Å². The molecule has 1 fully saturated rings. The summed E-state index contributed by atoms with van der Waals surface area (Å²) in [7, 11) is 0. The van der Waals surface area contributed by atoms with Crippen molar-refractivity contribution in [1.29, 1.82) is 0 Å². The lowest BCUT2D eigenvalue weighted by molar-refractivity contribution is 0.0935. The summed E-state index contributed by atoms with van der Waals surface area (Å²) in [6.07, 6.45) is 1.97. The third kappa shape index (κ3) is 4.28. The van der Waals surface area contributed by atoms with Crippen LogP contribution < -0.4 is 16.4 Å². The Hall–Kier alpha value is -2.70. The van der Waals surface area contributed by atoms with Crippen LogP contribution in [0.5, 0.6) is 0 Å². The van der Waals surface area contributed by atoms with Gasteiger partial charge in [0.05, 0.1) is 0 Å². The summed E-state index contributed by atoms with van der Waals surface area (Å²) in [6, 6.07) is 16.8. The Morgan fingerprint density at radius 1 is 0.962 bits per heavy atom. The maximum Gasteiger partial charge on any atom is 0.251 e. The second-order valence-electron chi connectivity index (χ2n) is 6.52. The average Bonchev–Trinajstić information content (AvgIpc) is 2.67. The summed E-state index contributed by atoms with van der Waals surface area (Å²) < 4.78 is 0. The van der Waals surface area contributed by atoms with Gasteiger partial charge in [0.25, 0.3) is 5.91 Å². The molecule has 0 saturated carbocycles. The lowest BCUT2D eigenvalue weighted by Crippen LogP contribution is -2.47. The van der Waals surface area contributed by atoms with Gasteiger partial charge in [-0.2, -0.15) is 0 Å². The van der Waals surface area contributed by atoms with E-state index in [-0.39, 0.29) is 16.8 Å². The van der Waals surface area contributed by atoms with E-state index in [0.717, 1.165) is 25.9 Å². The van der Waals surface area contributed by atoms with E-state index in [0.29, 0.717) is 17.7 Å². The first kappa shape index (κ1) is 19.6. The molecule has 1 saturated heterocycles. The van der Waals surface area contributed by atoms with Gasteiger partial charge in [-0.3, -0.25) is 9.59 Å². The Labute approximate surface area is 153 Å². The largest absolute Gasteiger partial charge is 0.412 e. The fourth-order valence-electron chi connectivity index (χ4n) is 3.40. The van der Waals surface area contributed by atoms with Crippen molar-refractivity contribution in [2.75, 3.05) is 19.6 Å². The van der Waals surface area contributed by atoms with E-state index < -0.39 is 5.91 Å². The van der Waals surface area contributed by atoms with Crippen molar-refractivity contribution in [3.8, 4) is 0 Å². The molecule has 6 nitrogen and oxygen atoms in total. The van der Waals surface area contributed by atoms with Crippen molar-refractivity contribution < 1.29 is 15.1 Å². The van der Waals surface area contributed by atoms with E-state index >= 15 is 0 Å². The monoisotopic (exact) mass is 355 g/mol. The summed E-state index contributed by atoms with van der Waals surface area (Å²) >= 11 is 0. The molecule has 6 heteroatoms. The van der Waals surface area contributed by atoms with E-state index in [9.17, 15) is 9.59 Å². The number of hydrogen-bond donors (Lipinski definition) is 3. The molecule has 1 aliphatic heterocycles. The maximum absolute atomic E-state index is 12.5. The molecule has 0 radical (unpaired) electrons. The van der Waals surface area contributed by atoms with Gasteiger partial charge in [0.1, 0.15) is 0 Å². The van der Waals surface area contributed by atoms with E-state index in [1.807, 2.05) is 18.2 Å². The van der Waals surface area contributed by atoms with Crippen LogP contribution in [0.15, 0.2) is 54.6 Å². The Balaban J connectivity index is 0.00000243. The number of carbonyl (C=O) groups excluding carboxylic acids is 2. The number of primary amides is 1. The summed E-state index contributed by atoms with van der Waals surface area (Å²) in [4.78, 5) is 23.6. The van der Waals surface area contributed by atoms with E-state index in [4.69, 9.17) is 5.73 Å². The molecule has 0 bridgehead atoms. The highest BCUT2D eigenvalue weighted by Crippen LogP contribution is 2.32. The number of nitrogens with one attached hydrogen (secondary N) is 2.